The maximum Gasteiger partial charge on any atom is 0.382 e. The van der Waals surface area contributed by atoms with Gasteiger partial charge in [0.05, 0.1) is 6.54 Å². The highest BCUT2D eigenvalue weighted by Crippen LogP contribution is 2.21. The SMILES string of the molecule is CC(O)(COc1ccc(I)cc1)Cn1cc([N+](=O)[O-])nc1Br. The topological polar surface area (TPSA) is 90.4 Å². The fourth-order valence-corrected chi connectivity index (χ4v) is 2.53. The number of aromatic nitrogens is 2. The van der Waals surface area contributed by atoms with Gasteiger partial charge in [0.15, 0.2) is 0 Å². The van der Waals surface area contributed by atoms with Crippen LogP contribution in [0.1, 0.15) is 6.92 Å². The molecule has 1 aromatic carbocycles. The van der Waals surface area contributed by atoms with Crippen LogP contribution in [0.15, 0.2) is 35.2 Å². The van der Waals surface area contributed by atoms with Crippen LogP contribution in [0, 0.1) is 13.7 Å². The molecular formula is C13H13BrIN3O4. The largest absolute Gasteiger partial charge is 0.491 e. The van der Waals surface area contributed by atoms with Crippen molar-refractivity contribution in [3.05, 3.63) is 48.9 Å². The molecule has 0 aliphatic carbocycles. The van der Waals surface area contributed by atoms with E-state index in [2.05, 4.69) is 43.5 Å². The van der Waals surface area contributed by atoms with Crippen molar-refractivity contribution in [2.75, 3.05) is 6.61 Å². The maximum absolute atomic E-state index is 10.7. The molecule has 118 valence electrons. The molecule has 9 heteroatoms. The Balaban J connectivity index is 2.01. The number of aliphatic hydroxyl groups is 1. The van der Waals surface area contributed by atoms with Crippen LogP contribution in [0.3, 0.4) is 0 Å². The number of nitrogens with zero attached hydrogens (tertiary/aromatic N) is 3. The quantitative estimate of drug-likeness (QED) is 0.389. The normalized spacial score (nSPS) is 13.6. The third kappa shape index (κ3) is 4.65. The molecule has 1 N–H and O–H groups in total. The molecule has 0 fully saturated rings. The van der Waals surface area contributed by atoms with E-state index in [1.807, 2.05) is 24.3 Å². The Labute approximate surface area is 148 Å². The van der Waals surface area contributed by atoms with E-state index in [9.17, 15) is 15.2 Å². The van der Waals surface area contributed by atoms with Gasteiger partial charge in [-0.1, -0.05) is 0 Å². The average Bonchev–Trinajstić information content (AvgIpc) is 2.79. The van der Waals surface area contributed by atoms with Gasteiger partial charge in [-0.3, -0.25) is 4.57 Å². The van der Waals surface area contributed by atoms with Crippen molar-refractivity contribution in [1.29, 1.82) is 0 Å². The first-order chi connectivity index (χ1) is 10.3. The molecule has 0 aliphatic rings. The summed E-state index contributed by atoms with van der Waals surface area (Å²) in [5.74, 6) is 0.373. The average molecular weight is 482 g/mol. The highest BCUT2D eigenvalue weighted by molar-refractivity contribution is 14.1. The second-order valence-corrected chi connectivity index (χ2v) is 6.95. The third-order valence-electron chi connectivity index (χ3n) is 2.78. The Morgan fingerprint density at radius 1 is 1.50 bits per heavy atom. The van der Waals surface area contributed by atoms with Gasteiger partial charge < -0.3 is 20.0 Å². The van der Waals surface area contributed by atoms with Crippen LogP contribution in [0.5, 0.6) is 5.75 Å². The van der Waals surface area contributed by atoms with E-state index in [-0.39, 0.29) is 23.7 Å². The zero-order valence-electron chi connectivity index (χ0n) is 11.6. The Morgan fingerprint density at radius 2 is 2.14 bits per heavy atom. The lowest BCUT2D eigenvalue weighted by Gasteiger charge is -2.23. The lowest BCUT2D eigenvalue weighted by atomic mass is 10.1. The minimum atomic E-state index is -1.21. The summed E-state index contributed by atoms with van der Waals surface area (Å²) in [6.45, 7) is 1.75. The molecule has 2 rings (SSSR count). The molecule has 0 amide bonds. The first kappa shape index (κ1) is 17.2. The van der Waals surface area contributed by atoms with Crippen molar-refractivity contribution in [1.82, 2.24) is 9.55 Å². The van der Waals surface area contributed by atoms with Gasteiger partial charge in [0.2, 0.25) is 0 Å². The van der Waals surface area contributed by atoms with Crippen LogP contribution in [-0.2, 0) is 6.54 Å². The van der Waals surface area contributed by atoms with Gasteiger partial charge in [-0.05, 0) is 63.7 Å². The first-order valence-corrected chi connectivity index (χ1v) is 8.12. The highest BCUT2D eigenvalue weighted by atomic mass is 127. The second kappa shape index (κ2) is 6.92. The van der Waals surface area contributed by atoms with Crippen LogP contribution in [0.2, 0.25) is 0 Å². The van der Waals surface area contributed by atoms with Crippen molar-refractivity contribution >= 4 is 44.3 Å². The molecule has 1 aromatic heterocycles. The van der Waals surface area contributed by atoms with E-state index in [0.29, 0.717) is 5.75 Å². The fraction of sp³-hybridized carbons (Fsp3) is 0.308. The summed E-state index contributed by atoms with van der Waals surface area (Å²) in [5, 5.41) is 21.1. The van der Waals surface area contributed by atoms with Gasteiger partial charge in [0, 0.05) is 19.5 Å². The summed E-state index contributed by atoms with van der Waals surface area (Å²) in [7, 11) is 0. The minimum absolute atomic E-state index is 0.0476. The van der Waals surface area contributed by atoms with Crippen LogP contribution in [0.25, 0.3) is 0 Å². The summed E-state index contributed by atoms with van der Waals surface area (Å²) in [5.41, 5.74) is -1.21. The number of hydrogen-bond acceptors (Lipinski definition) is 5. The van der Waals surface area contributed by atoms with Crippen LogP contribution >= 0.6 is 38.5 Å². The van der Waals surface area contributed by atoms with E-state index < -0.39 is 10.5 Å². The van der Waals surface area contributed by atoms with E-state index >= 15 is 0 Å². The molecule has 2 aromatic rings. The molecule has 0 radical (unpaired) electrons. The summed E-state index contributed by atoms with van der Waals surface area (Å²) >= 11 is 5.33. The Kier molecular flexibility index (Phi) is 5.40. The number of imidazole rings is 1. The van der Waals surface area contributed by atoms with Gasteiger partial charge in [-0.25, -0.2) is 0 Å². The Morgan fingerprint density at radius 3 is 2.68 bits per heavy atom. The summed E-state index contributed by atoms with van der Waals surface area (Å²) in [6.07, 6.45) is 1.27. The lowest BCUT2D eigenvalue weighted by Crippen LogP contribution is -2.37. The number of ether oxygens (including phenoxy) is 1. The molecule has 1 atom stereocenters. The maximum atomic E-state index is 10.7. The van der Waals surface area contributed by atoms with Gasteiger partial charge in [0.25, 0.3) is 4.73 Å². The standard InChI is InChI=1S/C13H13BrIN3O4/c1-13(19,8-22-10-4-2-9(15)3-5-10)7-17-6-11(18(20)21)16-12(17)14/h2-6,19H,7-8H2,1H3. The molecular weight excluding hydrogens is 469 g/mol. The third-order valence-corrected chi connectivity index (χ3v) is 4.13. The summed E-state index contributed by atoms with van der Waals surface area (Å²) < 4.78 is 8.40. The zero-order valence-corrected chi connectivity index (χ0v) is 15.3. The van der Waals surface area contributed by atoms with Crippen molar-refractivity contribution in [3.8, 4) is 5.75 Å². The molecule has 0 bridgehead atoms. The Hall–Kier alpha value is -1.20. The summed E-state index contributed by atoms with van der Waals surface area (Å²) in [4.78, 5) is 13.9. The van der Waals surface area contributed by atoms with Crippen LogP contribution in [-0.4, -0.2) is 31.8 Å². The molecule has 22 heavy (non-hydrogen) atoms. The lowest BCUT2D eigenvalue weighted by molar-refractivity contribution is -0.389. The van der Waals surface area contributed by atoms with Gasteiger partial charge in [-0.2, -0.15) is 0 Å². The molecule has 1 heterocycles. The number of benzene rings is 1. The second-order valence-electron chi connectivity index (χ2n) is 4.99. The Bertz CT molecular complexity index is 672. The molecule has 0 spiro atoms. The monoisotopic (exact) mass is 481 g/mol. The van der Waals surface area contributed by atoms with E-state index in [1.54, 1.807) is 6.92 Å². The predicted molar refractivity (Wildman–Crippen MR) is 91.9 cm³/mol. The van der Waals surface area contributed by atoms with Crippen molar-refractivity contribution < 1.29 is 14.8 Å². The van der Waals surface area contributed by atoms with Crippen molar-refractivity contribution in [2.45, 2.75) is 19.1 Å². The van der Waals surface area contributed by atoms with Crippen molar-refractivity contribution in [2.24, 2.45) is 0 Å². The highest BCUT2D eigenvalue weighted by Gasteiger charge is 2.26. The molecule has 0 saturated carbocycles. The number of rotatable bonds is 6. The minimum Gasteiger partial charge on any atom is -0.491 e. The van der Waals surface area contributed by atoms with Gasteiger partial charge in [-0.15, -0.1) is 0 Å². The van der Waals surface area contributed by atoms with Gasteiger partial charge >= 0.3 is 5.82 Å². The van der Waals surface area contributed by atoms with E-state index in [4.69, 9.17) is 4.74 Å². The smallest absolute Gasteiger partial charge is 0.382 e. The first-order valence-electron chi connectivity index (χ1n) is 6.25. The van der Waals surface area contributed by atoms with Crippen LogP contribution in [0.4, 0.5) is 5.82 Å². The fourth-order valence-electron chi connectivity index (χ4n) is 1.76. The van der Waals surface area contributed by atoms with Crippen molar-refractivity contribution in [3.63, 3.8) is 0 Å². The summed E-state index contributed by atoms with van der Waals surface area (Å²) in [6, 6.07) is 7.44. The zero-order chi connectivity index (χ0) is 16.3. The number of nitro groups is 1. The van der Waals surface area contributed by atoms with E-state index in [0.717, 1.165) is 3.57 Å². The number of halogens is 2. The molecule has 7 nitrogen and oxygen atoms in total. The molecule has 0 saturated heterocycles. The molecule has 0 aliphatic heterocycles. The van der Waals surface area contributed by atoms with Crippen LogP contribution < -0.4 is 4.74 Å². The number of hydrogen-bond donors (Lipinski definition) is 1. The van der Waals surface area contributed by atoms with Gasteiger partial charge in [0.1, 0.15) is 24.2 Å². The predicted octanol–water partition coefficient (Wildman–Crippen LogP) is 2.99. The molecule has 1 unspecified atom stereocenters. The van der Waals surface area contributed by atoms with E-state index in [1.165, 1.54) is 10.8 Å².